The third-order valence-electron chi connectivity index (χ3n) is 11.8. The lowest BCUT2D eigenvalue weighted by Gasteiger charge is -2.18. The van der Waals surface area contributed by atoms with Crippen molar-refractivity contribution in [3.63, 3.8) is 0 Å². The molecular formula is C52H83NO5Si. The maximum absolute atomic E-state index is 11.6. The Morgan fingerprint density at radius 3 is 1.15 bits per heavy atom. The van der Waals surface area contributed by atoms with Crippen LogP contribution in [0.2, 0.25) is 0 Å². The monoisotopic (exact) mass is 830 g/mol. The van der Waals surface area contributed by atoms with E-state index in [4.69, 9.17) is 14.2 Å². The molecule has 330 valence electrons. The minimum atomic E-state index is -1.81. The number of unbranched alkanes of at least 4 members (excludes halogenated alkanes) is 26. The van der Waals surface area contributed by atoms with E-state index in [1.54, 1.807) is 18.2 Å². The second-order valence-electron chi connectivity index (χ2n) is 17.0. The van der Waals surface area contributed by atoms with Crippen LogP contribution in [0.5, 0.6) is 11.5 Å². The highest BCUT2D eigenvalue weighted by Crippen LogP contribution is 2.20. The summed E-state index contributed by atoms with van der Waals surface area (Å²) in [6.45, 7) is 6.28. The highest BCUT2D eigenvalue weighted by atomic mass is 28.3. The van der Waals surface area contributed by atoms with Gasteiger partial charge in [0.15, 0.2) is 0 Å². The van der Waals surface area contributed by atoms with Gasteiger partial charge in [-0.25, -0.2) is 0 Å². The zero-order valence-corrected chi connectivity index (χ0v) is 38.8. The van der Waals surface area contributed by atoms with Crippen LogP contribution in [0.1, 0.15) is 199 Å². The first-order valence-electron chi connectivity index (χ1n) is 24.4. The van der Waals surface area contributed by atoms with E-state index in [9.17, 15) is 10.1 Å². The fourth-order valence-electron chi connectivity index (χ4n) is 8.05. The minimum absolute atomic E-state index is 0.103. The Morgan fingerprint density at radius 1 is 0.458 bits per heavy atom. The molecule has 3 rings (SSSR count). The topological polar surface area (TPSA) is 70.8 Å². The number of nitro benzene ring substituents is 1. The van der Waals surface area contributed by atoms with Crippen molar-refractivity contribution in [1.29, 1.82) is 0 Å². The summed E-state index contributed by atoms with van der Waals surface area (Å²) < 4.78 is 18.6. The van der Waals surface area contributed by atoms with Gasteiger partial charge in [0.05, 0.1) is 30.3 Å². The summed E-state index contributed by atoms with van der Waals surface area (Å²) in [5, 5.41) is 14.1. The fraction of sp³-hybridized carbons (Fsp3) is 0.654. The fourth-order valence-corrected chi connectivity index (χ4v) is 10.5. The van der Waals surface area contributed by atoms with Crippen molar-refractivity contribution in [1.82, 2.24) is 0 Å². The number of benzene rings is 3. The van der Waals surface area contributed by atoms with Gasteiger partial charge in [-0.3, -0.25) is 10.1 Å². The Hall–Kier alpha value is -3.16. The summed E-state index contributed by atoms with van der Waals surface area (Å²) in [6.07, 6.45) is 38.4. The van der Waals surface area contributed by atoms with Gasteiger partial charge in [0.1, 0.15) is 20.3 Å². The number of nitrogens with zero attached hydrogens (tertiary/aromatic N) is 1. The van der Waals surface area contributed by atoms with Gasteiger partial charge in [-0.05, 0) is 43.2 Å². The van der Waals surface area contributed by atoms with Crippen LogP contribution in [0, 0.1) is 10.1 Å². The SMILES string of the molecule is CCCCCCCCCCCCCCCCOc1ccc([SiH](COCc2ccccc2[N+](=O)[O-])c2ccc(OCCCCCCCCCCCCCCCC)cc2)cc1. The van der Waals surface area contributed by atoms with Crippen molar-refractivity contribution in [2.24, 2.45) is 0 Å². The summed E-state index contributed by atoms with van der Waals surface area (Å²) in [5.41, 5.74) is 0.705. The molecule has 0 N–H and O–H groups in total. The van der Waals surface area contributed by atoms with E-state index in [0.29, 0.717) is 11.8 Å². The van der Waals surface area contributed by atoms with Crippen LogP contribution in [0.25, 0.3) is 0 Å². The minimum Gasteiger partial charge on any atom is -0.494 e. The highest BCUT2D eigenvalue weighted by Gasteiger charge is 2.19. The molecule has 0 bridgehead atoms. The van der Waals surface area contributed by atoms with Crippen LogP contribution in [-0.4, -0.2) is 33.2 Å². The number of hydrogen-bond acceptors (Lipinski definition) is 5. The zero-order valence-electron chi connectivity index (χ0n) is 37.6. The molecule has 0 unspecified atom stereocenters. The number of nitro groups is 1. The molecule has 0 aliphatic heterocycles. The lowest BCUT2D eigenvalue weighted by atomic mass is 10.0. The maximum atomic E-state index is 11.6. The summed E-state index contributed by atoms with van der Waals surface area (Å²) >= 11 is 0. The number of rotatable bonds is 39. The van der Waals surface area contributed by atoms with E-state index in [0.717, 1.165) is 37.6 Å². The molecule has 0 heterocycles. The Kier molecular flexibility index (Phi) is 29.4. The van der Waals surface area contributed by atoms with Crippen molar-refractivity contribution in [3.05, 3.63) is 88.5 Å². The third-order valence-corrected chi connectivity index (χ3v) is 14.8. The number of para-hydroxylation sites is 1. The van der Waals surface area contributed by atoms with Gasteiger partial charge in [0.25, 0.3) is 5.69 Å². The first-order chi connectivity index (χ1) is 29.1. The van der Waals surface area contributed by atoms with E-state index in [1.165, 1.54) is 177 Å². The predicted molar refractivity (Wildman–Crippen MR) is 254 cm³/mol. The summed E-state index contributed by atoms with van der Waals surface area (Å²) in [7, 11) is -1.81. The van der Waals surface area contributed by atoms with Gasteiger partial charge >= 0.3 is 0 Å². The maximum Gasteiger partial charge on any atom is 0.274 e. The molecule has 3 aromatic rings. The Balaban J connectivity index is 1.38. The van der Waals surface area contributed by atoms with Crippen molar-refractivity contribution in [3.8, 4) is 11.5 Å². The van der Waals surface area contributed by atoms with Gasteiger partial charge in [-0.15, -0.1) is 0 Å². The average Bonchev–Trinajstić information content (AvgIpc) is 3.26. The normalized spacial score (nSPS) is 11.4. The molecule has 0 aliphatic carbocycles. The van der Waals surface area contributed by atoms with Crippen molar-refractivity contribution >= 4 is 24.9 Å². The van der Waals surface area contributed by atoms with E-state index in [1.807, 2.05) is 6.07 Å². The molecule has 6 nitrogen and oxygen atoms in total. The summed E-state index contributed by atoms with van der Waals surface area (Å²) in [5.74, 6) is 1.81. The average molecular weight is 830 g/mol. The molecular weight excluding hydrogens is 747 g/mol. The zero-order chi connectivity index (χ0) is 41.9. The molecule has 0 radical (unpaired) electrons. The van der Waals surface area contributed by atoms with Crippen LogP contribution >= 0.6 is 0 Å². The summed E-state index contributed by atoms with van der Waals surface area (Å²) in [4.78, 5) is 11.3. The van der Waals surface area contributed by atoms with Crippen LogP contribution in [0.3, 0.4) is 0 Å². The molecule has 0 atom stereocenters. The molecule has 0 saturated carbocycles. The van der Waals surface area contributed by atoms with E-state index in [2.05, 4.69) is 62.4 Å². The molecule has 3 aromatic carbocycles. The second kappa shape index (κ2) is 34.5. The van der Waals surface area contributed by atoms with Crippen LogP contribution in [0.4, 0.5) is 5.69 Å². The van der Waals surface area contributed by atoms with Crippen molar-refractivity contribution < 1.29 is 19.1 Å². The molecule has 7 heteroatoms. The molecule has 0 amide bonds. The van der Waals surface area contributed by atoms with Crippen molar-refractivity contribution in [2.75, 3.05) is 19.4 Å². The lowest BCUT2D eigenvalue weighted by molar-refractivity contribution is -0.385. The van der Waals surface area contributed by atoms with E-state index >= 15 is 0 Å². The highest BCUT2D eigenvalue weighted by molar-refractivity contribution is 6.85. The molecule has 0 fully saturated rings. The first-order valence-corrected chi connectivity index (χ1v) is 26.3. The van der Waals surface area contributed by atoms with Gasteiger partial charge in [-0.1, -0.05) is 228 Å². The molecule has 0 aliphatic rings. The molecule has 0 saturated heterocycles. The Morgan fingerprint density at radius 2 is 0.797 bits per heavy atom. The molecule has 0 aromatic heterocycles. The van der Waals surface area contributed by atoms with Gasteiger partial charge < -0.3 is 14.2 Å². The van der Waals surface area contributed by atoms with E-state index in [-0.39, 0.29) is 17.2 Å². The quantitative estimate of drug-likeness (QED) is 0.0248. The van der Waals surface area contributed by atoms with Crippen LogP contribution in [-0.2, 0) is 11.3 Å². The number of ether oxygens (including phenoxy) is 3. The second-order valence-corrected chi connectivity index (χ2v) is 19.8. The summed E-state index contributed by atoms with van der Waals surface area (Å²) in [6, 6.07) is 24.0. The third kappa shape index (κ3) is 24.0. The predicted octanol–water partition coefficient (Wildman–Crippen LogP) is 14.4. The molecule has 59 heavy (non-hydrogen) atoms. The number of hydrogen-bond donors (Lipinski definition) is 0. The standard InChI is InChI=1S/C52H83NO5Si/c1-3-5-7-9-11-13-15-17-19-21-23-25-27-31-43-57-48-35-39-50(40-36-48)59(46-56-45-47-33-29-30-34-52(47)53(54)55)51-41-37-49(38-42-51)58-44-32-28-26-24-22-20-18-16-14-12-10-8-6-4-2/h29-30,33-42,59H,3-28,31-32,43-46H2,1-2H3. The Bertz CT molecular complexity index is 1350. The van der Waals surface area contributed by atoms with Crippen LogP contribution in [0.15, 0.2) is 72.8 Å². The smallest absolute Gasteiger partial charge is 0.274 e. The Labute approximate surface area is 362 Å². The molecule has 0 spiro atoms. The van der Waals surface area contributed by atoms with Crippen molar-refractivity contribution in [2.45, 2.75) is 200 Å². The first kappa shape index (κ1) is 50.2. The van der Waals surface area contributed by atoms with Gasteiger partial charge in [0.2, 0.25) is 0 Å². The lowest BCUT2D eigenvalue weighted by Crippen LogP contribution is -2.46. The van der Waals surface area contributed by atoms with E-state index < -0.39 is 8.80 Å². The van der Waals surface area contributed by atoms with Gasteiger partial charge in [-0.2, -0.15) is 0 Å². The largest absolute Gasteiger partial charge is 0.494 e. The van der Waals surface area contributed by atoms with Gasteiger partial charge in [0, 0.05) is 12.3 Å². The van der Waals surface area contributed by atoms with Crippen LogP contribution < -0.4 is 19.8 Å².